The second-order valence-corrected chi connectivity index (χ2v) is 10.9. The van der Waals surface area contributed by atoms with Gasteiger partial charge in [0.1, 0.15) is 0 Å². The van der Waals surface area contributed by atoms with Crippen LogP contribution in [0, 0.1) is 23.7 Å². The number of rotatable bonds is 0. The zero-order valence-electron chi connectivity index (χ0n) is 10.6. The molecule has 0 aromatic carbocycles. The van der Waals surface area contributed by atoms with Crippen LogP contribution in [0.4, 0.5) is 0 Å². The molecule has 20 heavy (non-hydrogen) atoms. The second-order valence-electron chi connectivity index (χ2n) is 6.70. The molecule has 0 amide bonds. The average Bonchev–Trinajstić information content (AvgIpc) is 2.44. The van der Waals surface area contributed by atoms with E-state index in [9.17, 15) is 0 Å². The van der Waals surface area contributed by atoms with Gasteiger partial charge in [0.15, 0.2) is 0 Å². The largest absolute Gasteiger partial charge is 0.113 e. The van der Waals surface area contributed by atoms with E-state index in [0.717, 1.165) is 12.8 Å². The number of hydrogen-bond donors (Lipinski definition) is 0. The molecule has 6 aliphatic rings. The average molecular weight is 484 g/mol. The Bertz CT molecular complexity index is 465. The number of alkyl halides is 4. The molecule has 4 saturated carbocycles. The molecule has 0 saturated heterocycles. The summed E-state index contributed by atoms with van der Waals surface area (Å²) in [6, 6.07) is 0. The number of hydrogen-bond acceptors (Lipinski definition) is 0. The monoisotopic (exact) mass is 480 g/mol. The Morgan fingerprint density at radius 2 is 1.15 bits per heavy atom. The van der Waals surface area contributed by atoms with Gasteiger partial charge in [-0.05, 0) is 49.4 Å². The number of allylic oxidation sites excluding steroid dienone is 2. The summed E-state index contributed by atoms with van der Waals surface area (Å²) >= 11 is 34.9. The van der Waals surface area contributed by atoms with Crippen molar-refractivity contribution in [2.24, 2.45) is 23.7 Å². The van der Waals surface area contributed by atoms with E-state index in [1.165, 1.54) is 12.8 Å². The molecule has 8 atom stereocenters. The third-order valence-corrected chi connectivity index (χ3v) is 11.9. The Kier molecular flexibility index (Phi) is 3.61. The van der Waals surface area contributed by atoms with Crippen LogP contribution < -0.4 is 0 Å². The van der Waals surface area contributed by atoms with E-state index in [1.54, 1.807) is 0 Å². The fourth-order valence-electron chi connectivity index (χ4n) is 5.29. The highest BCUT2D eigenvalue weighted by molar-refractivity contribution is 9.12. The van der Waals surface area contributed by atoms with Crippen molar-refractivity contribution in [3.8, 4) is 0 Å². The third kappa shape index (κ3) is 1.63. The summed E-state index contributed by atoms with van der Waals surface area (Å²) in [5, 5.41) is 1.23. The highest BCUT2D eigenvalue weighted by Crippen LogP contribution is 2.72. The van der Waals surface area contributed by atoms with Gasteiger partial charge in [-0.15, -0.1) is 23.2 Å². The Labute approximate surface area is 156 Å². The second kappa shape index (κ2) is 4.70. The predicted molar refractivity (Wildman–Crippen MR) is 93.8 cm³/mol. The van der Waals surface area contributed by atoms with Crippen LogP contribution in [0.25, 0.3) is 0 Å². The standard InChI is InChI=1S/C14H14Br2Cl4/c15-9-5-1-2-6(10(9)16)8-7(5)13(19)3-4-14(8,20)12(18)11(13)17/h5-10H,1-4H2/t5-,6+,7?,8?,9-,10-,13-,14+/m1/s1. The van der Waals surface area contributed by atoms with Crippen LogP contribution in [-0.2, 0) is 0 Å². The van der Waals surface area contributed by atoms with E-state index in [4.69, 9.17) is 46.4 Å². The molecular weight excluding hydrogens is 470 g/mol. The number of fused-ring (bicyclic) bond motifs is 3. The van der Waals surface area contributed by atoms with Gasteiger partial charge in [-0.2, -0.15) is 0 Å². The molecular formula is C14H14Br2Cl4. The van der Waals surface area contributed by atoms with E-state index in [1.807, 2.05) is 0 Å². The minimum absolute atomic E-state index is 0.336. The van der Waals surface area contributed by atoms with Crippen molar-refractivity contribution in [1.82, 2.24) is 0 Å². The molecule has 6 aliphatic carbocycles. The van der Waals surface area contributed by atoms with Crippen LogP contribution >= 0.6 is 78.3 Å². The molecule has 0 heterocycles. The lowest BCUT2D eigenvalue weighted by Gasteiger charge is -2.67. The third-order valence-electron chi connectivity index (χ3n) is 6.10. The van der Waals surface area contributed by atoms with Crippen molar-refractivity contribution >= 4 is 78.3 Å². The van der Waals surface area contributed by atoms with Crippen LogP contribution in [0.3, 0.4) is 0 Å². The van der Waals surface area contributed by atoms with E-state index >= 15 is 0 Å². The molecule has 0 N–H and O–H groups in total. The van der Waals surface area contributed by atoms with Gasteiger partial charge < -0.3 is 0 Å². The summed E-state index contributed by atoms with van der Waals surface area (Å²) in [4.78, 5) is -0.104. The normalized spacial score (nSPS) is 60.9. The molecule has 2 unspecified atom stereocenters. The van der Waals surface area contributed by atoms with Crippen molar-refractivity contribution in [2.75, 3.05) is 0 Å². The SMILES string of the molecule is ClC1=C(Cl)[C@@]2(Cl)CC[C@]1(Cl)C1C2[C@H]2CC[C@@H]1[C@@H](Br)[C@@H]2Br. The first-order chi connectivity index (χ1) is 9.32. The summed E-state index contributed by atoms with van der Waals surface area (Å²) in [5.41, 5.74) is 0. The smallest absolute Gasteiger partial charge is 0.0848 e. The summed E-state index contributed by atoms with van der Waals surface area (Å²) < 4.78 is 0. The quantitative estimate of drug-likeness (QED) is 0.358. The lowest BCUT2D eigenvalue weighted by atomic mass is 9.46. The maximum Gasteiger partial charge on any atom is 0.0848 e. The summed E-state index contributed by atoms with van der Waals surface area (Å²) in [7, 11) is 0. The van der Waals surface area contributed by atoms with Gasteiger partial charge in [0.25, 0.3) is 0 Å². The molecule has 0 aromatic heterocycles. The van der Waals surface area contributed by atoms with Gasteiger partial charge in [0, 0.05) is 9.65 Å². The lowest BCUT2D eigenvalue weighted by molar-refractivity contribution is -0.0308. The van der Waals surface area contributed by atoms with Crippen LogP contribution in [0.2, 0.25) is 0 Å². The van der Waals surface area contributed by atoms with Crippen LogP contribution in [0.15, 0.2) is 10.1 Å². The number of halogens is 6. The van der Waals surface area contributed by atoms with Gasteiger partial charge in [0.05, 0.1) is 19.8 Å². The van der Waals surface area contributed by atoms with Gasteiger partial charge >= 0.3 is 0 Å². The van der Waals surface area contributed by atoms with Gasteiger partial charge in [0.2, 0.25) is 0 Å². The zero-order chi connectivity index (χ0) is 14.4. The Balaban J connectivity index is 1.92. The van der Waals surface area contributed by atoms with Gasteiger partial charge in [-0.3, -0.25) is 0 Å². The Hall–Kier alpha value is 1.86. The van der Waals surface area contributed by atoms with Crippen molar-refractivity contribution in [2.45, 2.75) is 45.1 Å². The predicted octanol–water partition coefficient (Wildman–Crippen LogP) is 6.24. The first-order valence-corrected chi connectivity index (χ1v) is 10.4. The molecule has 0 aliphatic heterocycles. The Morgan fingerprint density at radius 3 is 1.50 bits per heavy atom. The fraction of sp³-hybridized carbons (Fsp3) is 0.857. The summed E-state index contributed by atoms with van der Waals surface area (Å²) in [6.45, 7) is 0. The topological polar surface area (TPSA) is 0 Å². The molecule has 0 spiro atoms. The maximum atomic E-state index is 7.02. The molecule has 6 heteroatoms. The van der Waals surface area contributed by atoms with Crippen LogP contribution in [0.5, 0.6) is 0 Å². The van der Waals surface area contributed by atoms with Crippen molar-refractivity contribution < 1.29 is 0 Å². The summed E-state index contributed by atoms with van der Waals surface area (Å²) in [6.07, 6.45) is 4.08. The molecule has 112 valence electrons. The molecule has 0 aromatic rings. The minimum atomic E-state index is -0.498. The highest BCUT2D eigenvalue weighted by atomic mass is 79.9. The first-order valence-electron chi connectivity index (χ1n) is 7.04. The molecule has 6 rings (SSSR count). The lowest BCUT2D eigenvalue weighted by Crippen LogP contribution is -2.68. The highest BCUT2D eigenvalue weighted by Gasteiger charge is 2.70. The van der Waals surface area contributed by atoms with Gasteiger partial charge in [-0.1, -0.05) is 55.1 Å². The van der Waals surface area contributed by atoms with Crippen LogP contribution in [-0.4, -0.2) is 19.4 Å². The van der Waals surface area contributed by atoms with Crippen LogP contribution in [0.1, 0.15) is 25.7 Å². The molecule has 4 fully saturated rings. The Morgan fingerprint density at radius 1 is 0.800 bits per heavy atom. The molecule has 4 bridgehead atoms. The van der Waals surface area contributed by atoms with Crippen molar-refractivity contribution in [1.29, 1.82) is 0 Å². The first kappa shape index (κ1) is 15.4. The molecule has 0 radical (unpaired) electrons. The zero-order valence-corrected chi connectivity index (χ0v) is 16.8. The minimum Gasteiger partial charge on any atom is -0.113 e. The maximum absolute atomic E-state index is 7.02. The van der Waals surface area contributed by atoms with E-state index in [0.29, 0.717) is 43.4 Å². The van der Waals surface area contributed by atoms with Gasteiger partial charge in [-0.25, -0.2) is 0 Å². The van der Waals surface area contributed by atoms with E-state index < -0.39 is 9.75 Å². The van der Waals surface area contributed by atoms with Crippen molar-refractivity contribution in [3.63, 3.8) is 0 Å². The van der Waals surface area contributed by atoms with Crippen molar-refractivity contribution in [3.05, 3.63) is 10.1 Å². The summed E-state index contributed by atoms with van der Waals surface area (Å²) in [5.74, 6) is 1.71. The van der Waals surface area contributed by atoms with E-state index in [2.05, 4.69) is 31.9 Å². The van der Waals surface area contributed by atoms with E-state index in [-0.39, 0.29) is 0 Å². The fourth-order valence-corrected chi connectivity index (χ4v) is 9.10. The molecule has 0 nitrogen and oxygen atoms in total.